The molecule has 0 saturated carbocycles. The zero-order chi connectivity index (χ0) is 12.4. The van der Waals surface area contributed by atoms with Gasteiger partial charge in [-0.25, -0.2) is 13.5 Å². The van der Waals surface area contributed by atoms with Gasteiger partial charge in [0.2, 0.25) is 0 Å². The van der Waals surface area contributed by atoms with E-state index in [1.807, 2.05) is 0 Å². The molecule has 0 aliphatic rings. The molecule has 0 spiro atoms. The number of nitrogens with zero attached hydrogens (tertiary/aromatic N) is 1. The summed E-state index contributed by atoms with van der Waals surface area (Å²) in [4.78, 5) is 0. The van der Waals surface area contributed by atoms with Gasteiger partial charge in [0.15, 0.2) is 0 Å². The Labute approximate surface area is 102 Å². The second-order valence-electron chi connectivity index (χ2n) is 3.38. The van der Waals surface area contributed by atoms with Crippen molar-refractivity contribution >= 4 is 12.2 Å². The number of H-pyrrole nitrogens is 1. The number of benzene rings is 1. The maximum absolute atomic E-state index is 12.5. The minimum absolute atomic E-state index is 0.189. The molecule has 0 saturated heterocycles. The molecule has 1 heterocycles. The fourth-order valence-corrected chi connectivity index (χ4v) is 1.73. The number of methoxy groups -OCH3 is 1. The Morgan fingerprint density at radius 2 is 1.94 bits per heavy atom. The Morgan fingerprint density at radius 3 is 2.41 bits per heavy atom. The molecule has 1 aromatic carbocycles. The maximum atomic E-state index is 12.5. The number of hydrogen-bond donors (Lipinski definition) is 1. The number of alkyl halides is 2. The summed E-state index contributed by atoms with van der Waals surface area (Å²) in [5.74, 6) is 0.695. The Kier molecular flexibility index (Phi) is 3.23. The van der Waals surface area contributed by atoms with Crippen molar-refractivity contribution in [2.75, 3.05) is 7.11 Å². The number of aromatic amines is 1. The van der Waals surface area contributed by atoms with E-state index in [4.69, 9.17) is 17.0 Å². The van der Waals surface area contributed by atoms with Crippen LogP contribution in [0.4, 0.5) is 8.78 Å². The topological polar surface area (TPSA) is 29.9 Å². The number of hydrogen-bond acceptors (Lipinski definition) is 2. The smallest absolute Gasteiger partial charge is 0.279 e. The highest BCUT2D eigenvalue weighted by Crippen LogP contribution is 2.20. The van der Waals surface area contributed by atoms with Crippen LogP contribution in [0.2, 0.25) is 0 Å². The van der Waals surface area contributed by atoms with Crippen LogP contribution in [-0.2, 0) is 0 Å². The molecule has 2 rings (SSSR count). The third kappa shape index (κ3) is 2.36. The van der Waals surface area contributed by atoms with E-state index in [1.165, 1.54) is 10.7 Å². The van der Waals surface area contributed by atoms with Gasteiger partial charge in [-0.2, -0.15) is 0 Å². The van der Waals surface area contributed by atoms with Gasteiger partial charge in [0.1, 0.15) is 16.1 Å². The Bertz CT molecular complexity index is 560. The molecule has 0 fully saturated rings. The summed E-state index contributed by atoms with van der Waals surface area (Å²) in [5.41, 5.74) is 0.494. The fourth-order valence-electron chi connectivity index (χ4n) is 1.45. The lowest BCUT2D eigenvalue weighted by molar-refractivity contribution is 0.145. The van der Waals surface area contributed by atoms with Gasteiger partial charge in [-0.3, -0.25) is 5.10 Å². The molecule has 0 aliphatic heterocycles. The van der Waals surface area contributed by atoms with Crippen molar-refractivity contribution in [3.8, 4) is 11.4 Å². The minimum atomic E-state index is -2.56. The first-order chi connectivity index (χ1) is 8.11. The molecular weight excluding hydrogens is 246 g/mol. The van der Waals surface area contributed by atoms with Crippen LogP contribution in [0.1, 0.15) is 12.1 Å². The molecule has 6 heteroatoms. The summed E-state index contributed by atoms with van der Waals surface area (Å²) in [5, 5.41) is 2.56. The third-order valence-electron chi connectivity index (χ3n) is 2.31. The van der Waals surface area contributed by atoms with Crippen LogP contribution in [0.5, 0.6) is 5.75 Å². The van der Waals surface area contributed by atoms with Crippen LogP contribution < -0.4 is 4.74 Å². The molecule has 0 bridgehead atoms. The third-order valence-corrected chi connectivity index (χ3v) is 2.61. The first kappa shape index (κ1) is 11.8. The molecular formula is C11H10F2N2OS. The summed E-state index contributed by atoms with van der Waals surface area (Å²) in [6.07, 6.45) is -2.56. The molecule has 1 N–H and O–H groups in total. The summed E-state index contributed by atoms with van der Waals surface area (Å²) in [6.45, 7) is 0. The number of nitrogens with one attached hydrogen (secondary N) is 1. The van der Waals surface area contributed by atoms with Crippen molar-refractivity contribution in [2.24, 2.45) is 0 Å². The first-order valence-electron chi connectivity index (χ1n) is 4.86. The van der Waals surface area contributed by atoms with E-state index in [0.29, 0.717) is 16.1 Å². The molecule has 0 amide bonds. The van der Waals surface area contributed by atoms with E-state index in [1.54, 1.807) is 31.4 Å². The van der Waals surface area contributed by atoms with Crippen molar-refractivity contribution in [2.45, 2.75) is 6.43 Å². The fraction of sp³-hybridized carbons (Fsp3) is 0.182. The van der Waals surface area contributed by atoms with E-state index in [0.717, 1.165) is 0 Å². The summed E-state index contributed by atoms with van der Waals surface area (Å²) >= 11 is 5.00. The van der Waals surface area contributed by atoms with Gasteiger partial charge in [0, 0.05) is 6.07 Å². The monoisotopic (exact) mass is 256 g/mol. The van der Waals surface area contributed by atoms with Crippen LogP contribution in [0, 0.1) is 4.64 Å². The summed E-state index contributed by atoms with van der Waals surface area (Å²) in [6, 6.07) is 8.20. The normalized spacial score (nSPS) is 10.8. The van der Waals surface area contributed by atoms with Gasteiger partial charge in [0.25, 0.3) is 6.43 Å². The standard InChI is InChI=1S/C11H10F2N2OS/c1-16-8-4-2-7(3-5-8)15-10(17)6-9(14-15)11(12)13/h2-6,11,14H,1H3. The highest BCUT2D eigenvalue weighted by molar-refractivity contribution is 7.71. The molecule has 0 atom stereocenters. The molecule has 0 unspecified atom stereocenters. The van der Waals surface area contributed by atoms with E-state index in [-0.39, 0.29) is 5.69 Å². The van der Waals surface area contributed by atoms with Crippen LogP contribution in [-0.4, -0.2) is 16.9 Å². The molecule has 90 valence electrons. The van der Waals surface area contributed by atoms with Crippen molar-refractivity contribution < 1.29 is 13.5 Å². The van der Waals surface area contributed by atoms with Crippen molar-refractivity contribution in [3.63, 3.8) is 0 Å². The lowest BCUT2D eigenvalue weighted by Gasteiger charge is -2.04. The van der Waals surface area contributed by atoms with E-state index >= 15 is 0 Å². The quantitative estimate of drug-likeness (QED) is 0.852. The number of rotatable bonds is 3. The Balaban J connectivity index is 2.42. The zero-order valence-electron chi connectivity index (χ0n) is 8.98. The lowest BCUT2D eigenvalue weighted by atomic mass is 10.3. The number of aromatic nitrogens is 2. The van der Waals surface area contributed by atoms with Gasteiger partial charge in [-0.05, 0) is 24.3 Å². The van der Waals surface area contributed by atoms with Gasteiger partial charge >= 0.3 is 0 Å². The average molecular weight is 256 g/mol. The highest BCUT2D eigenvalue weighted by Gasteiger charge is 2.11. The zero-order valence-corrected chi connectivity index (χ0v) is 9.80. The second-order valence-corrected chi connectivity index (χ2v) is 3.80. The predicted molar refractivity (Wildman–Crippen MR) is 62.5 cm³/mol. The molecule has 3 nitrogen and oxygen atoms in total. The number of halogens is 2. The van der Waals surface area contributed by atoms with Gasteiger partial charge in [-0.15, -0.1) is 0 Å². The summed E-state index contributed by atoms with van der Waals surface area (Å²) in [7, 11) is 1.56. The van der Waals surface area contributed by atoms with Crippen molar-refractivity contribution in [3.05, 3.63) is 40.7 Å². The van der Waals surface area contributed by atoms with E-state index < -0.39 is 6.43 Å². The molecule has 1 aromatic heterocycles. The SMILES string of the molecule is COc1ccc(-n2[nH]c(C(F)F)cc2=S)cc1. The van der Waals surface area contributed by atoms with Crippen LogP contribution in [0.15, 0.2) is 30.3 Å². The maximum Gasteiger partial charge on any atom is 0.279 e. The van der Waals surface area contributed by atoms with E-state index in [9.17, 15) is 8.78 Å². The van der Waals surface area contributed by atoms with Crippen molar-refractivity contribution in [1.29, 1.82) is 0 Å². The predicted octanol–water partition coefficient (Wildman–Crippen LogP) is 3.48. The van der Waals surface area contributed by atoms with E-state index in [2.05, 4.69) is 5.10 Å². The molecule has 17 heavy (non-hydrogen) atoms. The summed E-state index contributed by atoms with van der Waals surface area (Å²) < 4.78 is 31.7. The minimum Gasteiger partial charge on any atom is -0.497 e. The lowest BCUT2D eigenvalue weighted by Crippen LogP contribution is -1.97. The molecule has 2 aromatic rings. The first-order valence-corrected chi connectivity index (χ1v) is 5.27. The van der Waals surface area contributed by atoms with Gasteiger partial charge in [0.05, 0.1) is 12.8 Å². The van der Waals surface area contributed by atoms with Crippen LogP contribution >= 0.6 is 12.2 Å². The van der Waals surface area contributed by atoms with Gasteiger partial charge < -0.3 is 4.74 Å². The van der Waals surface area contributed by atoms with Crippen molar-refractivity contribution in [1.82, 2.24) is 9.78 Å². The van der Waals surface area contributed by atoms with Crippen LogP contribution in [0.3, 0.4) is 0 Å². The largest absolute Gasteiger partial charge is 0.497 e. The Hall–Kier alpha value is -1.69. The average Bonchev–Trinajstić information content (AvgIpc) is 2.72. The Morgan fingerprint density at radius 1 is 1.29 bits per heavy atom. The number of ether oxygens (including phenoxy) is 1. The van der Waals surface area contributed by atoms with Crippen LogP contribution in [0.25, 0.3) is 5.69 Å². The second kappa shape index (κ2) is 4.67. The van der Waals surface area contributed by atoms with Gasteiger partial charge in [-0.1, -0.05) is 12.2 Å². The molecule has 0 aliphatic carbocycles. The molecule has 0 radical (unpaired) electrons. The highest BCUT2D eigenvalue weighted by atomic mass is 32.1.